The first kappa shape index (κ1) is 22.4. The van der Waals surface area contributed by atoms with Gasteiger partial charge in [0.2, 0.25) is 0 Å². The molecule has 0 radical (unpaired) electrons. The van der Waals surface area contributed by atoms with Crippen molar-refractivity contribution in [1.82, 2.24) is 19.8 Å². The number of amides is 1. The van der Waals surface area contributed by atoms with E-state index in [1.807, 2.05) is 31.1 Å². The zero-order valence-corrected chi connectivity index (χ0v) is 18.5. The summed E-state index contributed by atoms with van der Waals surface area (Å²) in [5.41, 5.74) is 1.52. The number of benzene rings is 1. The van der Waals surface area contributed by atoms with Crippen molar-refractivity contribution >= 4 is 17.4 Å². The van der Waals surface area contributed by atoms with Crippen LogP contribution in [0.25, 0.3) is 5.76 Å². The molecule has 2 heterocycles. The molecule has 0 aliphatic carbocycles. The van der Waals surface area contributed by atoms with Crippen LogP contribution < -0.4 is 4.74 Å². The van der Waals surface area contributed by atoms with Crippen LogP contribution in [0.2, 0.25) is 0 Å². The first-order chi connectivity index (χ1) is 14.8. The number of Topliss-reactive ketones (excluding diaryl/α,β-unsaturated/α-hetero) is 1. The van der Waals surface area contributed by atoms with E-state index in [4.69, 9.17) is 4.74 Å². The Morgan fingerprint density at radius 2 is 1.94 bits per heavy atom. The van der Waals surface area contributed by atoms with Gasteiger partial charge in [0.15, 0.2) is 0 Å². The number of aliphatic hydroxyl groups excluding tert-OH is 1. The van der Waals surface area contributed by atoms with Crippen molar-refractivity contribution in [2.45, 2.75) is 26.3 Å². The highest BCUT2D eigenvalue weighted by molar-refractivity contribution is 6.46. The number of rotatable bonds is 7. The molecule has 1 atom stereocenters. The van der Waals surface area contributed by atoms with Crippen molar-refractivity contribution < 1.29 is 19.4 Å². The maximum Gasteiger partial charge on any atom is 0.295 e. The molecule has 1 amide bonds. The highest BCUT2D eigenvalue weighted by Crippen LogP contribution is 2.42. The monoisotopic (exact) mass is 424 g/mol. The Kier molecular flexibility index (Phi) is 6.70. The first-order valence-electron chi connectivity index (χ1n) is 10.1. The lowest BCUT2D eigenvalue weighted by Crippen LogP contribution is -2.32. The second-order valence-electron chi connectivity index (χ2n) is 7.81. The molecule has 8 heteroatoms. The summed E-state index contributed by atoms with van der Waals surface area (Å²) in [7, 11) is 5.44. The largest absolute Gasteiger partial charge is 0.507 e. The summed E-state index contributed by atoms with van der Waals surface area (Å²) in [5, 5.41) is 11.2. The molecule has 1 fully saturated rings. The maximum atomic E-state index is 13.1. The number of hydrogen-bond acceptors (Lipinski definition) is 7. The van der Waals surface area contributed by atoms with Crippen LogP contribution in [0.1, 0.15) is 35.1 Å². The third-order valence-electron chi connectivity index (χ3n) is 5.33. The summed E-state index contributed by atoms with van der Waals surface area (Å²) in [6.07, 6.45) is 2.16. The van der Waals surface area contributed by atoms with Crippen molar-refractivity contribution in [3.63, 3.8) is 0 Å². The molecule has 1 aliphatic heterocycles. The van der Waals surface area contributed by atoms with Crippen LogP contribution in [0.15, 0.2) is 36.0 Å². The molecular weight excluding hydrogens is 396 g/mol. The van der Waals surface area contributed by atoms with Crippen LogP contribution in [0.5, 0.6) is 5.75 Å². The Hall–Kier alpha value is -3.26. The fourth-order valence-electron chi connectivity index (χ4n) is 3.84. The number of nitrogens with zero attached hydrogens (tertiary/aromatic N) is 4. The Balaban J connectivity index is 2.17. The summed E-state index contributed by atoms with van der Waals surface area (Å²) in [6, 6.07) is 6.45. The van der Waals surface area contributed by atoms with Gasteiger partial charge in [-0.05, 0) is 47.0 Å². The summed E-state index contributed by atoms with van der Waals surface area (Å²) in [4.78, 5) is 38.0. The fraction of sp³-hybridized carbons (Fsp3) is 0.391. The molecule has 0 unspecified atom stereocenters. The molecule has 8 nitrogen and oxygen atoms in total. The molecule has 1 saturated heterocycles. The lowest BCUT2D eigenvalue weighted by atomic mass is 9.94. The molecule has 1 aliphatic rings. The van der Waals surface area contributed by atoms with Gasteiger partial charge < -0.3 is 19.6 Å². The minimum atomic E-state index is -0.765. The first-order valence-corrected chi connectivity index (χ1v) is 10.1. The van der Waals surface area contributed by atoms with Gasteiger partial charge >= 0.3 is 0 Å². The van der Waals surface area contributed by atoms with Gasteiger partial charge in [0.25, 0.3) is 11.7 Å². The minimum Gasteiger partial charge on any atom is -0.507 e. The third-order valence-corrected chi connectivity index (χ3v) is 5.33. The Bertz CT molecular complexity index is 1030. The molecule has 2 aromatic rings. The number of para-hydroxylation sites is 1. The van der Waals surface area contributed by atoms with E-state index in [0.29, 0.717) is 41.4 Å². The fourth-order valence-corrected chi connectivity index (χ4v) is 3.84. The zero-order chi connectivity index (χ0) is 22.7. The van der Waals surface area contributed by atoms with Crippen molar-refractivity contribution in [3.05, 3.63) is 58.7 Å². The number of ether oxygens (including phenoxy) is 1. The average molecular weight is 425 g/mol. The molecule has 1 aromatic carbocycles. The van der Waals surface area contributed by atoms with E-state index in [1.165, 1.54) is 18.2 Å². The summed E-state index contributed by atoms with van der Waals surface area (Å²) < 4.78 is 5.51. The SMILES string of the molecule is COc1ccccc1[C@H]1/C(=C(\O)c2cnc(C)nc2C)C(=O)C(=O)N1CCCN(C)C. The van der Waals surface area contributed by atoms with Crippen LogP contribution in [0, 0.1) is 13.8 Å². The lowest BCUT2D eigenvalue weighted by molar-refractivity contribution is -0.140. The van der Waals surface area contributed by atoms with Gasteiger partial charge in [0, 0.05) is 18.3 Å². The summed E-state index contributed by atoms with van der Waals surface area (Å²) >= 11 is 0. The predicted molar refractivity (Wildman–Crippen MR) is 117 cm³/mol. The van der Waals surface area contributed by atoms with Crippen molar-refractivity contribution in [3.8, 4) is 5.75 Å². The van der Waals surface area contributed by atoms with Crippen LogP contribution in [0.3, 0.4) is 0 Å². The molecule has 31 heavy (non-hydrogen) atoms. The standard InChI is InChI=1S/C23H28N4O4/c1-14-17(13-24-15(2)25-14)21(28)19-20(16-9-6-7-10-18(16)31-5)27(23(30)22(19)29)12-8-11-26(3)4/h6-7,9-10,13,20,28H,8,11-12H2,1-5H3/b21-19+/t20-/m0/s1. The van der Waals surface area contributed by atoms with Crippen molar-refractivity contribution in [2.24, 2.45) is 0 Å². The Morgan fingerprint density at radius 3 is 2.58 bits per heavy atom. The smallest absolute Gasteiger partial charge is 0.295 e. The van der Waals surface area contributed by atoms with Crippen LogP contribution in [-0.2, 0) is 9.59 Å². The zero-order valence-electron chi connectivity index (χ0n) is 18.5. The van der Waals surface area contributed by atoms with Crippen LogP contribution in [0.4, 0.5) is 0 Å². The second-order valence-corrected chi connectivity index (χ2v) is 7.81. The van der Waals surface area contributed by atoms with E-state index >= 15 is 0 Å². The van der Waals surface area contributed by atoms with Gasteiger partial charge in [-0.2, -0.15) is 0 Å². The van der Waals surface area contributed by atoms with Gasteiger partial charge in [0.1, 0.15) is 17.3 Å². The molecule has 0 spiro atoms. The number of carbonyl (C=O) groups is 2. The number of carbonyl (C=O) groups excluding carboxylic acids is 2. The van der Waals surface area contributed by atoms with Crippen molar-refractivity contribution in [2.75, 3.05) is 34.3 Å². The highest BCUT2D eigenvalue weighted by atomic mass is 16.5. The van der Waals surface area contributed by atoms with E-state index in [-0.39, 0.29) is 11.3 Å². The van der Waals surface area contributed by atoms with Gasteiger partial charge in [-0.1, -0.05) is 18.2 Å². The number of hydrogen-bond donors (Lipinski definition) is 1. The Labute approximate surface area is 182 Å². The number of aromatic nitrogens is 2. The Morgan fingerprint density at radius 1 is 1.23 bits per heavy atom. The summed E-state index contributed by atoms with van der Waals surface area (Å²) in [5.74, 6) is -0.545. The van der Waals surface area contributed by atoms with E-state index in [9.17, 15) is 14.7 Å². The third kappa shape index (κ3) is 4.44. The molecule has 3 rings (SSSR count). The minimum absolute atomic E-state index is 0.0231. The van der Waals surface area contributed by atoms with Gasteiger partial charge in [-0.25, -0.2) is 9.97 Å². The summed E-state index contributed by atoms with van der Waals surface area (Å²) in [6.45, 7) is 4.60. The van der Waals surface area contributed by atoms with Gasteiger partial charge in [-0.3, -0.25) is 9.59 Å². The van der Waals surface area contributed by atoms with E-state index in [1.54, 1.807) is 26.0 Å². The highest BCUT2D eigenvalue weighted by Gasteiger charge is 2.47. The van der Waals surface area contributed by atoms with Crippen LogP contribution in [-0.4, -0.2) is 70.9 Å². The number of aliphatic hydroxyl groups is 1. The van der Waals surface area contributed by atoms with Crippen molar-refractivity contribution in [1.29, 1.82) is 0 Å². The molecule has 0 bridgehead atoms. The van der Waals surface area contributed by atoms with Crippen LogP contribution >= 0.6 is 0 Å². The molecule has 164 valence electrons. The lowest BCUT2D eigenvalue weighted by Gasteiger charge is -2.27. The molecule has 0 saturated carbocycles. The topological polar surface area (TPSA) is 95.9 Å². The van der Waals surface area contributed by atoms with Gasteiger partial charge in [-0.15, -0.1) is 0 Å². The maximum absolute atomic E-state index is 13.1. The number of ketones is 1. The predicted octanol–water partition coefficient (Wildman–Crippen LogP) is 2.48. The second kappa shape index (κ2) is 9.26. The number of aryl methyl sites for hydroxylation is 2. The normalized spacial score (nSPS) is 18.1. The van der Waals surface area contributed by atoms with E-state index in [2.05, 4.69) is 9.97 Å². The van der Waals surface area contributed by atoms with Gasteiger partial charge in [0.05, 0.1) is 30.0 Å². The molecule has 1 aromatic heterocycles. The number of methoxy groups -OCH3 is 1. The average Bonchev–Trinajstić information content (AvgIpc) is 2.98. The molecule has 1 N–H and O–H groups in total. The molecular formula is C23H28N4O4. The van der Waals surface area contributed by atoms with E-state index in [0.717, 1.165) is 6.54 Å². The van der Waals surface area contributed by atoms with E-state index < -0.39 is 17.7 Å². The quantitative estimate of drug-likeness (QED) is 0.414. The number of likely N-dealkylation sites (tertiary alicyclic amines) is 1.